The predicted octanol–water partition coefficient (Wildman–Crippen LogP) is 0.400. The molecule has 0 fully saturated rings. The van der Waals surface area contributed by atoms with Crippen LogP contribution in [0.15, 0.2) is 22.9 Å². The Labute approximate surface area is 91.3 Å². The lowest BCUT2D eigenvalue weighted by molar-refractivity contribution is -0.117. The number of nitrogens with two attached hydrogens (primary N) is 1. The quantitative estimate of drug-likeness (QED) is 0.781. The molecule has 0 aliphatic heterocycles. The van der Waals surface area contributed by atoms with Crippen molar-refractivity contribution in [1.82, 2.24) is 14.8 Å². The topological polar surface area (TPSA) is 99.0 Å². The average Bonchev–Trinajstić information content (AvgIpc) is 2.76. The van der Waals surface area contributed by atoms with E-state index in [4.69, 9.17) is 10.2 Å². The summed E-state index contributed by atoms with van der Waals surface area (Å²) < 4.78 is 6.41. The molecule has 7 nitrogen and oxygen atoms in total. The molecule has 0 aromatic carbocycles. The lowest BCUT2D eigenvalue weighted by Gasteiger charge is -2.00. The fourth-order valence-electron chi connectivity index (χ4n) is 1.18. The van der Waals surface area contributed by atoms with E-state index < -0.39 is 0 Å². The van der Waals surface area contributed by atoms with Gasteiger partial charge in [0.15, 0.2) is 0 Å². The molecule has 0 saturated carbocycles. The van der Waals surface area contributed by atoms with Crippen molar-refractivity contribution in [3.05, 3.63) is 24.2 Å². The molecule has 1 amide bonds. The van der Waals surface area contributed by atoms with Gasteiger partial charge in [0.2, 0.25) is 5.91 Å². The average molecular weight is 221 g/mol. The summed E-state index contributed by atoms with van der Waals surface area (Å²) >= 11 is 0. The number of hydrogen-bond acceptors (Lipinski definition) is 5. The molecule has 16 heavy (non-hydrogen) atoms. The number of nitrogens with zero attached hydrogens (tertiary/aromatic N) is 3. The van der Waals surface area contributed by atoms with Crippen molar-refractivity contribution in [2.75, 3.05) is 11.1 Å². The van der Waals surface area contributed by atoms with Crippen LogP contribution in [-0.2, 0) is 11.3 Å². The lowest BCUT2D eigenvalue weighted by atomic mass is 10.6. The largest absolute Gasteiger partial charge is 0.432 e. The van der Waals surface area contributed by atoms with Crippen LogP contribution in [0.25, 0.3) is 0 Å². The number of rotatable bonds is 3. The molecule has 7 heteroatoms. The van der Waals surface area contributed by atoms with Crippen molar-refractivity contribution in [2.24, 2.45) is 0 Å². The Bertz CT molecular complexity index is 457. The predicted molar refractivity (Wildman–Crippen MR) is 56.5 cm³/mol. The minimum absolute atomic E-state index is 0.0681. The zero-order chi connectivity index (χ0) is 11.5. The van der Waals surface area contributed by atoms with Crippen LogP contribution in [0.5, 0.6) is 0 Å². The third-order valence-electron chi connectivity index (χ3n) is 1.83. The van der Waals surface area contributed by atoms with Crippen LogP contribution < -0.4 is 11.1 Å². The molecule has 0 aliphatic carbocycles. The molecule has 2 aromatic rings. The number of carbonyl (C=O) groups is 1. The zero-order valence-corrected chi connectivity index (χ0v) is 8.67. The Morgan fingerprint density at radius 1 is 1.69 bits per heavy atom. The van der Waals surface area contributed by atoms with Gasteiger partial charge in [0, 0.05) is 6.20 Å². The summed E-state index contributed by atoms with van der Waals surface area (Å²) in [6.07, 6.45) is 3.08. The van der Waals surface area contributed by atoms with Crippen LogP contribution >= 0.6 is 0 Å². The molecule has 0 bridgehead atoms. The van der Waals surface area contributed by atoms with E-state index in [0.29, 0.717) is 11.5 Å². The summed E-state index contributed by atoms with van der Waals surface area (Å²) in [5.41, 5.74) is 6.12. The van der Waals surface area contributed by atoms with Gasteiger partial charge in [-0.05, 0) is 13.0 Å². The van der Waals surface area contributed by atoms with Gasteiger partial charge in [0.05, 0.1) is 5.69 Å². The second-order valence-electron chi connectivity index (χ2n) is 3.28. The van der Waals surface area contributed by atoms with Gasteiger partial charge >= 0.3 is 6.01 Å². The van der Waals surface area contributed by atoms with Crippen molar-refractivity contribution < 1.29 is 9.21 Å². The highest BCUT2D eigenvalue weighted by atomic mass is 16.4. The highest BCUT2D eigenvalue weighted by Gasteiger charge is 2.07. The summed E-state index contributed by atoms with van der Waals surface area (Å²) in [7, 11) is 0. The maximum Gasteiger partial charge on any atom is 0.301 e. The standard InChI is InChI=1S/C9H11N5O2/c1-6-5-16-9(11-6)12-8(15)4-14-3-2-7(10)13-14/h2-3,5H,4H2,1H3,(H2,10,13)(H,11,12,15). The van der Waals surface area contributed by atoms with Crippen LogP contribution in [0.2, 0.25) is 0 Å². The van der Waals surface area contributed by atoms with E-state index in [1.54, 1.807) is 19.2 Å². The van der Waals surface area contributed by atoms with Crippen LogP contribution in [0, 0.1) is 6.92 Å². The number of oxazole rings is 1. The molecule has 3 N–H and O–H groups in total. The molecule has 0 spiro atoms. The first-order chi connectivity index (χ1) is 7.63. The third kappa shape index (κ3) is 2.38. The number of hydrogen-bond donors (Lipinski definition) is 2. The number of anilines is 2. The fourth-order valence-corrected chi connectivity index (χ4v) is 1.18. The monoisotopic (exact) mass is 221 g/mol. The molecule has 0 radical (unpaired) electrons. The first-order valence-corrected chi connectivity index (χ1v) is 4.64. The lowest BCUT2D eigenvalue weighted by Crippen LogP contribution is -2.19. The molecule has 2 heterocycles. The van der Waals surface area contributed by atoms with Gasteiger partial charge < -0.3 is 10.2 Å². The van der Waals surface area contributed by atoms with E-state index in [0.717, 1.165) is 0 Å². The number of nitrogen functional groups attached to an aromatic ring is 1. The third-order valence-corrected chi connectivity index (χ3v) is 1.83. The van der Waals surface area contributed by atoms with Crippen LogP contribution in [0.4, 0.5) is 11.8 Å². The van der Waals surface area contributed by atoms with Crippen molar-refractivity contribution >= 4 is 17.7 Å². The summed E-state index contributed by atoms with van der Waals surface area (Å²) in [6.45, 7) is 1.84. The van der Waals surface area contributed by atoms with Crippen LogP contribution in [0.1, 0.15) is 5.69 Å². The Morgan fingerprint density at radius 2 is 2.50 bits per heavy atom. The van der Waals surface area contributed by atoms with Crippen molar-refractivity contribution in [3.63, 3.8) is 0 Å². The molecule has 0 unspecified atom stereocenters. The number of amides is 1. The van der Waals surface area contributed by atoms with E-state index in [-0.39, 0.29) is 18.5 Å². The summed E-state index contributed by atoms with van der Waals surface area (Å²) in [4.78, 5) is 15.4. The second-order valence-corrected chi connectivity index (χ2v) is 3.28. The summed E-state index contributed by atoms with van der Waals surface area (Å²) in [5.74, 6) is 0.102. The van der Waals surface area contributed by atoms with Gasteiger partial charge in [-0.25, -0.2) is 0 Å². The van der Waals surface area contributed by atoms with E-state index in [9.17, 15) is 4.79 Å². The minimum Gasteiger partial charge on any atom is -0.432 e. The molecule has 84 valence electrons. The molecule has 0 saturated heterocycles. The molecule has 2 aromatic heterocycles. The first-order valence-electron chi connectivity index (χ1n) is 4.64. The number of aromatic nitrogens is 3. The van der Waals surface area contributed by atoms with E-state index in [1.165, 1.54) is 10.9 Å². The van der Waals surface area contributed by atoms with Crippen molar-refractivity contribution in [3.8, 4) is 0 Å². The maximum absolute atomic E-state index is 11.5. The number of carbonyl (C=O) groups excluding carboxylic acids is 1. The minimum atomic E-state index is -0.273. The summed E-state index contributed by atoms with van der Waals surface area (Å²) in [6, 6.07) is 1.80. The summed E-state index contributed by atoms with van der Waals surface area (Å²) in [5, 5.41) is 6.38. The Kier molecular flexibility index (Phi) is 2.59. The zero-order valence-electron chi connectivity index (χ0n) is 8.67. The molecular formula is C9H11N5O2. The van der Waals surface area contributed by atoms with Gasteiger partial charge in [0.1, 0.15) is 18.6 Å². The Hall–Kier alpha value is -2.31. The number of nitrogens with one attached hydrogen (secondary N) is 1. The van der Waals surface area contributed by atoms with Gasteiger partial charge in [-0.3, -0.25) is 14.8 Å². The molecule has 0 aliphatic rings. The molecular weight excluding hydrogens is 210 g/mol. The van der Waals surface area contributed by atoms with Crippen LogP contribution in [0.3, 0.4) is 0 Å². The smallest absolute Gasteiger partial charge is 0.301 e. The highest BCUT2D eigenvalue weighted by Crippen LogP contribution is 2.06. The highest BCUT2D eigenvalue weighted by molar-refractivity contribution is 5.88. The van der Waals surface area contributed by atoms with Crippen LogP contribution in [-0.4, -0.2) is 20.7 Å². The SMILES string of the molecule is Cc1coc(NC(=O)Cn2ccc(N)n2)n1. The van der Waals surface area contributed by atoms with Gasteiger partial charge in [-0.1, -0.05) is 0 Å². The van der Waals surface area contributed by atoms with E-state index >= 15 is 0 Å². The van der Waals surface area contributed by atoms with Gasteiger partial charge in [0.25, 0.3) is 0 Å². The first kappa shape index (κ1) is 10.2. The van der Waals surface area contributed by atoms with E-state index in [1.807, 2.05) is 0 Å². The number of aryl methyl sites for hydroxylation is 1. The molecule has 2 rings (SSSR count). The van der Waals surface area contributed by atoms with Gasteiger partial charge in [-0.15, -0.1) is 0 Å². The maximum atomic E-state index is 11.5. The normalized spacial score (nSPS) is 10.3. The Balaban J connectivity index is 1.94. The van der Waals surface area contributed by atoms with E-state index in [2.05, 4.69) is 15.4 Å². The van der Waals surface area contributed by atoms with Gasteiger partial charge in [-0.2, -0.15) is 10.1 Å². The Morgan fingerprint density at radius 3 is 3.06 bits per heavy atom. The second kappa shape index (κ2) is 4.05. The van der Waals surface area contributed by atoms with Crippen molar-refractivity contribution in [1.29, 1.82) is 0 Å². The fraction of sp³-hybridized carbons (Fsp3) is 0.222. The molecule has 0 atom stereocenters. The van der Waals surface area contributed by atoms with Crippen molar-refractivity contribution in [2.45, 2.75) is 13.5 Å².